The second-order valence-corrected chi connectivity index (χ2v) is 7.35. The summed E-state index contributed by atoms with van der Waals surface area (Å²) >= 11 is 0. The van der Waals surface area contributed by atoms with E-state index in [1.54, 1.807) is 0 Å². The number of carbonyl (C=O) groups is 2. The Hall–Kier alpha value is -4.11. The molecule has 0 unspecified atom stereocenters. The number of carboxylic acids is 1. The molecule has 0 bridgehead atoms. The zero-order valence-electron chi connectivity index (χ0n) is 17.1. The van der Waals surface area contributed by atoms with Gasteiger partial charge in [-0.2, -0.15) is 0 Å². The molecule has 6 heteroatoms. The molecule has 0 aliphatic heterocycles. The van der Waals surface area contributed by atoms with Gasteiger partial charge in [-0.05, 0) is 39.9 Å². The number of amides is 1. The Labute approximate surface area is 184 Å². The number of nitrogens with one attached hydrogen (secondary N) is 1. The SMILES string of the molecule is O=C(O)Cc1ccc(F)cc1C#CCNC(=O)OCC1c2ccccc2-c2ccccc21. The molecule has 3 aromatic carbocycles. The quantitative estimate of drug-likeness (QED) is 0.592. The minimum Gasteiger partial charge on any atom is -0.481 e. The summed E-state index contributed by atoms with van der Waals surface area (Å²) in [5.74, 6) is 3.85. The fourth-order valence-electron chi connectivity index (χ4n) is 3.89. The Kier molecular flexibility index (Phi) is 6.18. The van der Waals surface area contributed by atoms with Gasteiger partial charge in [0, 0.05) is 11.5 Å². The smallest absolute Gasteiger partial charge is 0.407 e. The van der Waals surface area contributed by atoms with Crippen LogP contribution >= 0.6 is 0 Å². The van der Waals surface area contributed by atoms with Crippen LogP contribution in [0.5, 0.6) is 0 Å². The molecule has 1 aliphatic rings. The molecule has 0 radical (unpaired) electrons. The van der Waals surface area contributed by atoms with Crippen molar-refractivity contribution in [1.29, 1.82) is 0 Å². The maximum absolute atomic E-state index is 13.5. The molecule has 3 aromatic rings. The molecule has 0 heterocycles. The topological polar surface area (TPSA) is 75.6 Å². The van der Waals surface area contributed by atoms with Gasteiger partial charge in [-0.15, -0.1) is 0 Å². The Morgan fingerprint density at radius 1 is 1.00 bits per heavy atom. The molecule has 32 heavy (non-hydrogen) atoms. The molecule has 0 aromatic heterocycles. The van der Waals surface area contributed by atoms with E-state index in [9.17, 15) is 14.0 Å². The van der Waals surface area contributed by atoms with Crippen LogP contribution in [0, 0.1) is 17.7 Å². The van der Waals surface area contributed by atoms with Gasteiger partial charge >= 0.3 is 12.1 Å². The fraction of sp³-hybridized carbons (Fsp3) is 0.154. The molecule has 0 atom stereocenters. The molecule has 1 amide bonds. The van der Waals surface area contributed by atoms with Gasteiger partial charge in [-0.3, -0.25) is 4.79 Å². The number of rotatable bonds is 5. The Morgan fingerprint density at radius 2 is 1.66 bits per heavy atom. The van der Waals surface area contributed by atoms with Crippen LogP contribution in [0.2, 0.25) is 0 Å². The van der Waals surface area contributed by atoms with Crippen LogP contribution < -0.4 is 5.32 Å². The molecule has 5 nitrogen and oxygen atoms in total. The highest BCUT2D eigenvalue weighted by Gasteiger charge is 2.28. The van der Waals surface area contributed by atoms with E-state index in [2.05, 4.69) is 29.3 Å². The Balaban J connectivity index is 1.36. The van der Waals surface area contributed by atoms with Gasteiger partial charge in [0.15, 0.2) is 0 Å². The summed E-state index contributed by atoms with van der Waals surface area (Å²) in [6, 6.07) is 19.9. The van der Waals surface area contributed by atoms with Crippen molar-refractivity contribution >= 4 is 12.1 Å². The number of fused-ring (bicyclic) bond motifs is 3. The molecule has 0 spiro atoms. The molecular formula is C26H20FNO4. The minimum atomic E-state index is -1.03. The van der Waals surface area contributed by atoms with Crippen molar-refractivity contribution in [2.24, 2.45) is 0 Å². The highest BCUT2D eigenvalue weighted by atomic mass is 19.1. The van der Waals surface area contributed by atoms with Gasteiger partial charge in [0.05, 0.1) is 13.0 Å². The third-order valence-corrected chi connectivity index (χ3v) is 5.30. The molecule has 4 rings (SSSR count). The average Bonchev–Trinajstić information content (AvgIpc) is 3.10. The van der Waals surface area contributed by atoms with E-state index in [1.165, 1.54) is 18.2 Å². The van der Waals surface area contributed by atoms with Crippen LogP contribution in [0.25, 0.3) is 11.1 Å². The maximum Gasteiger partial charge on any atom is 0.407 e. The zero-order chi connectivity index (χ0) is 22.5. The highest BCUT2D eigenvalue weighted by Crippen LogP contribution is 2.44. The Bertz CT molecular complexity index is 1200. The predicted molar refractivity (Wildman–Crippen MR) is 118 cm³/mol. The lowest BCUT2D eigenvalue weighted by Gasteiger charge is -2.14. The van der Waals surface area contributed by atoms with Crippen molar-refractivity contribution in [2.75, 3.05) is 13.2 Å². The highest BCUT2D eigenvalue weighted by molar-refractivity contribution is 5.79. The third-order valence-electron chi connectivity index (χ3n) is 5.30. The van der Waals surface area contributed by atoms with Crippen LogP contribution in [-0.2, 0) is 16.0 Å². The standard InChI is InChI=1S/C26H20FNO4/c27-19-12-11-18(15-25(29)30)17(14-19)6-5-13-28-26(31)32-16-24-22-9-3-1-7-20(22)21-8-2-4-10-23(21)24/h1-4,7-12,14,24H,13,15-16H2,(H,28,31)(H,29,30). The third kappa shape index (κ3) is 4.62. The summed E-state index contributed by atoms with van der Waals surface area (Å²) in [7, 11) is 0. The number of carboxylic acid groups (broad SMARTS) is 1. The summed E-state index contributed by atoms with van der Waals surface area (Å²) in [4.78, 5) is 23.1. The van der Waals surface area contributed by atoms with Crippen molar-refractivity contribution in [2.45, 2.75) is 12.3 Å². The van der Waals surface area contributed by atoms with Crippen LogP contribution in [0.4, 0.5) is 9.18 Å². The summed E-state index contributed by atoms with van der Waals surface area (Å²) < 4.78 is 18.9. The predicted octanol–water partition coefficient (Wildman–Crippen LogP) is 4.34. The maximum atomic E-state index is 13.5. The van der Waals surface area contributed by atoms with E-state index in [0.29, 0.717) is 5.56 Å². The molecule has 0 saturated carbocycles. The van der Waals surface area contributed by atoms with Crippen LogP contribution in [0.15, 0.2) is 66.7 Å². The number of benzene rings is 3. The second-order valence-electron chi connectivity index (χ2n) is 7.35. The molecular weight excluding hydrogens is 409 g/mol. The van der Waals surface area contributed by atoms with Crippen LogP contribution in [0.3, 0.4) is 0 Å². The van der Waals surface area contributed by atoms with E-state index in [4.69, 9.17) is 9.84 Å². The second kappa shape index (κ2) is 9.36. The number of alkyl carbamates (subject to hydrolysis) is 1. The van der Waals surface area contributed by atoms with Crippen molar-refractivity contribution in [1.82, 2.24) is 5.32 Å². The van der Waals surface area contributed by atoms with Crippen LogP contribution in [0.1, 0.15) is 28.2 Å². The normalized spacial score (nSPS) is 11.7. The number of carbonyl (C=O) groups excluding carboxylic acids is 1. The van der Waals surface area contributed by atoms with E-state index >= 15 is 0 Å². The number of hydrogen-bond donors (Lipinski definition) is 2. The summed E-state index contributed by atoms with van der Waals surface area (Å²) in [5.41, 5.74) is 5.23. The van der Waals surface area contributed by atoms with Gasteiger partial charge in [0.25, 0.3) is 0 Å². The first kappa shape index (κ1) is 21.1. The molecule has 0 saturated heterocycles. The summed E-state index contributed by atoms with van der Waals surface area (Å²) in [6.07, 6.45) is -0.865. The number of aliphatic carboxylic acids is 1. The van der Waals surface area contributed by atoms with Gasteiger partial charge in [0.1, 0.15) is 12.4 Å². The summed E-state index contributed by atoms with van der Waals surface area (Å²) in [5, 5.41) is 11.5. The van der Waals surface area contributed by atoms with Crippen molar-refractivity contribution < 1.29 is 23.8 Å². The van der Waals surface area contributed by atoms with Gasteiger partial charge in [0.2, 0.25) is 0 Å². The van der Waals surface area contributed by atoms with Crippen LogP contribution in [-0.4, -0.2) is 30.3 Å². The fourth-order valence-corrected chi connectivity index (χ4v) is 3.89. The lowest BCUT2D eigenvalue weighted by atomic mass is 9.98. The number of halogens is 1. The molecule has 1 aliphatic carbocycles. The first-order chi connectivity index (χ1) is 15.5. The number of ether oxygens (including phenoxy) is 1. The monoisotopic (exact) mass is 429 g/mol. The average molecular weight is 429 g/mol. The lowest BCUT2D eigenvalue weighted by molar-refractivity contribution is -0.136. The largest absolute Gasteiger partial charge is 0.481 e. The van der Waals surface area contributed by atoms with E-state index < -0.39 is 17.9 Å². The van der Waals surface area contributed by atoms with E-state index in [1.807, 2.05) is 36.4 Å². The van der Waals surface area contributed by atoms with E-state index in [0.717, 1.165) is 22.3 Å². The van der Waals surface area contributed by atoms with Crippen molar-refractivity contribution in [3.8, 4) is 23.0 Å². The molecule has 0 fully saturated rings. The zero-order valence-corrected chi connectivity index (χ0v) is 17.1. The van der Waals surface area contributed by atoms with Gasteiger partial charge in [-0.25, -0.2) is 9.18 Å². The Morgan fingerprint density at radius 3 is 2.31 bits per heavy atom. The molecule has 2 N–H and O–H groups in total. The first-order valence-corrected chi connectivity index (χ1v) is 10.1. The summed E-state index contributed by atoms with van der Waals surface area (Å²) in [6.45, 7) is 0.180. The van der Waals surface area contributed by atoms with Crippen molar-refractivity contribution in [3.05, 3.63) is 94.8 Å². The van der Waals surface area contributed by atoms with Gasteiger partial charge in [-0.1, -0.05) is 66.4 Å². The first-order valence-electron chi connectivity index (χ1n) is 10.1. The lowest BCUT2D eigenvalue weighted by Crippen LogP contribution is -2.26. The molecule has 160 valence electrons. The van der Waals surface area contributed by atoms with Gasteiger partial charge < -0.3 is 15.2 Å². The minimum absolute atomic E-state index is 0.0142. The number of hydrogen-bond acceptors (Lipinski definition) is 3. The van der Waals surface area contributed by atoms with Crippen molar-refractivity contribution in [3.63, 3.8) is 0 Å². The van der Waals surface area contributed by atoms with E-state index in [-0.39, 0.29) is 31.1 Å².